The van der Waals surface area contributed by atoms with E-state index in [2.05, 4.69) is 5.32 Å². The van der Waals surface area contributed by atoms with E-state index in [1.807, 2.05) is 36.4 Å². The van der Waals surface area contributed by atoms with Crippen LogP contribution in [0.4, 0.5) is 10.1 Å². The molecule has 2 aromatic carbocycles. The van der Waals surface area contributed by atoms with Gasteiger partial charge in [-0.3, -0.25) is 0 Å². The van der Waals surface area contributed by atoms with Gasteiger partial charge in [0.05, 0.1) is 0 Å². The molecule has 19 heavy (non-hydrogen) atoms. The molecule has 0 bridgehead atoms. The largest absolute Gasteiger partial charge is 0.382 e. The highest BCUT2D eigenvalue weighted by atomic mass is 35.5. The maximum atomic E-state index is 12.8. The Hall–Kier alpha value is -1.54. The van der Waals surface area contributed by atoms with Crippen LogP contribution in [0.3, 0.4) is 0 Å². The average molecular weight is 276 g/mol. The normalized spacial score (nSPS) is 21.8. The van der Waals surface area contributed by atoms with Crippen LogP contribution in [-0.2, 0) is 0 Å². The first-order chi connectivity index (χ1) is 9.20. The van der Waals surface area contributed by atoms with Crippen LogP contribution in [0.15, 0.2) is 48.5 Å². The summed E-state index contributed by atoms with van der Waals surface area (Å²) in [5, 5.41) is 4.24. The molecule has 0 amide bonds. The summed E-state index contributed by atoms with van der Waals surface area (Å²) in [6.07, 6.45) is 2.18. The molecule has 2 aromatic rings. The average Bonchev–Trinajstić information content (AvgIpc) is 2.37. The van der Waals surface area contributed by atoms with Gasteiger partial charge >= 0.3 is 0 Å². The van der Waals surface area contributed by atoms with Gasteiger partial charge in [0.1, 0.15) is 5.82 Å². The topological polar surface area (TPSA) is 12.0 Å². The molecule has 1 aliphatic rings. The minimum atomic E-state index is -0.168. The van der Waals surface area contributed by atoms with E-state index < -0.39 is 0 Å². The molecule has 3 heteroatoms. The number of hydrogen-bond donors (Lipinski definition) is 1. The predicted octanol–water partition coefficient (Wildman–Crippen LogP) is 4.84. The van der Waals surface area contributed by atoms with Gasteiger partial charge in [0.15, 0.2) is 0 Å². The number of halogens is 2. The minimum absolute atomic E-state index is 0.168. The highest BCUT2D eigenvalue weighted by Gasteiger charge is 2.30. The molecule has 1 fully saturated rings. The maximum Gasteiger partial charge on any atom is 0.123 e. The number of hydrogen-bond acceptors (Lipinski definition) is 1. The highest BCUT2D eigenvalue weighted by molar-refractivity contribution is 6.30. The van der Waals surface area contributed by atoms with Gasteiger partial charge in [0.2, 0.25) is 0 Å². The zero-order chi connectivity index (χ0) is 13.2. The second-order valence-corrected chi connectivity index (χ2v) is 5.50. The maximum absolute atomic E-state index is 12.8. The van der Waals surface area contributed by atoms with E-state index in [1.165, 1.54) is 17.7 Å². The smallest absolute Gasteiger partial charge is 0.123 e. The van der Waals surface area contributed by atoms with Crippen LogP contribution in [0.5, 0.6) is 0 Å². The minimum Gasteiger partial charge on any atom is -0.382 e. The molecule has 1 aliphatic carbocycles. The molecule has 3 rings (SSSR count). The molecule has 0 spiro atoms. The molecule has 0 aromatic heterocycles. The van der Waals surface area contributed by atoms with Crippen molar-refractivity contribution in [3.8, 4) is 0 Å². The van der Waals surface area contributed by atoms with Crippen LogP contribution in [0, 0.1) is 5.82 Å². The lowest BCUT2D eigenvalue weighted by molar-refractivity contribution is 0.374. The molecule has 0 heterocycles. The van der Waals surface area contributed by atoms with Crippen LogP contribution in [0.25, 0.3) is 0 Å². The van der Waals surface area contributed by atoms with Crippen LogP contribution in [-0.4, -0.2) is 6.04 Å². The van der Waals surface area contributed by atoms with Crippen molar-refractivity contribution in [2.24, 2.45) is 0 Å². The van der Waals surface area contributed by atoms with Gasteiger partial charge in [-0.15, -0.1) is 0 Å². The molecule has 0 radical (unpaired) electrons. The van der Waals surface area contributed by atoms with E-state index in [4.69, 9.17) is 11.6 Å². The van der Waals surface area contributed by atoms with Crippen molar-refractivity contribution in [3.63, 3.8) is 0 Å². The zero-order valence-corrected chi connectivity index (χ0v) is 11.2. The number of rotatable bonds is 3. The Bertz CT molecular complexity index is 544. The Labute approximate surface area is 117 Å². The number of anilines is 1. The molecule has 0 atom stereocenters. The first kappa shape index (κ1) is 12.5. The highest BCUT2D eigenvalue weighted by Crippen LogP contribution is 2.38. The third-order valence-electron chi connectivity index (χ3n) is 3.69. The monoisotopic (exact) mass is 275 g/mol. The van der Waals surface area contributed by atoms with E-state index in [0.717, 1.165) is 23.6 Å². The summed E-state index contributed by atoms with van der Waals surface area (Å²) < 4.78 is 12.8. The Morgan fingerprint density at radius 1 is 0.947 bits per heavy atom. The summed E-state index contributed by atoms with van der Waals surface area (Å²) in [6.45, 7) is 0. The van der Waals surface area contributed by atoms with E-state index in [-0.39, 0.29) is 5.82 Å². The van der Waals surface area contributed by atoms with Gasteiger partial charge in [-0.1, -0.05) is 23.7 Å². The van der Waals surface area contributed by atoms with Crippen molar-refractivity contribution in [1.82, 2.24) is 0 Å². The fraction of sp³-hybridized carbons (Fsp3) is 0.250. The van der Waals surface area contributed by atoms with Crippen LogP contribution in [0.1, 0.15) is 24.3 Å². The lowest BCUT2D eigenvalue weighted by Crippen LogP contribution is -2.33. The molecule has 1 N–H and O–H groups in total. The summed E-state index contributed by atoms with van der Waals surface area (Å²) in [5.74, 6) is 0.379. The first-order valence-corrected chi connectivity index (χ1v) is 6.86. The molecular weight excluding hydrogens is 261 g/mol. The van der Waals surface area contributed by atoms with Gasteiger partial charge in [-0.05, 0) is 60.7 Å². The predicted molar refractivity (Wildman–Crippen MR) is 77.2 cm³/mol. The summed E-state index contributed by atoms with van der Waals surface area (Å²) in [4.78, 5) is 0. The zero-order valence-electron chi connectivity index (χ0n) is 10.4. The van der Waals surface area contributed by atoms with Crippen molar-refractivity contribution in [2.75, 3.05) is 5.32 Å². The second kappa shape index (κ2) is 5.22. The van der Waals surface area contributed by atoms with E-state index in [1.54, 1.807) is 0 Å². The molecule has 98 valence electrons. The quantitative estimate of drug-likeness (QED) is 0.845. The summed E-state index contributed by atoms with van der Waals surface area (Å²) in [6, 6.07) is 15.1. The van der Waals surface area contributed by atoms with Crippen LogP contribution in [0.2, 0.25) is 5.02 Å². The van der Waals surface area contributed by atoms with E-state index in [0.29, 0.717) is 12.0 Å². The van der Waals surface area contributed by atoms with Crippen molar-refractivity contribution >= 4 is 17.3 Å². The SMILES string of the molecule is Fc1ccc(C2CC(Nc3ccc(Cl)cc3)C2)cc1. The molecular formula is C16H15ClFN. The van der Waals surface area contributed by atoms with Crippen molar-refractivity contribution < 1.29 is 4.39 Å². The number of nitrogens with one attached hydrogen (secondary N) is 1. The Morgan fingerprint density at radius 3 is 2.21 bits per heavy atom. The van der Waals surface area contributed by atoms with Gasteiger partial charge in [-0.25, -0.2) is 4.39 Å². The lowest BCUT2D eigenvalue weighted by atomic mass is 9.76. The molecule has 0 unspecified atom stereocenters. The molecule has 1 saturated carbocycles. The Balaban J connectivity index is 1.55. The van der Waals surface area contributed by atoms with Crippen molar-refractivity contribution in [3.05, 3.63) is 64.9 Å². The van der Waals surface area contributed by atoms with E-state index in [9.17, 15) is 4.39 Å². The van der Waals surface area contributed by atoms with Crippen LogP contribution >= 0.6 is 11.6 Å². The van der Waals surface area contributed by atoms with Gasteiger partial charge in [-0.2, -0.15) is 0 Å². The second-order valence-electron chi connectivity index (χ2n) is 5.07. The fourth-order valence-corrected chi connectivity index (χ4v) is 2.65. The first-order valence-electron chi connectivity index (χ1n) is 6.48. The van der Waals surface area contributed by atoms with Crippen molar-refractivity contribution in [1.29, 1.82) is 0 Å². The third kappa shape index (κ3) is 2.90. The fourth-order valence-electron chi connectivity index (χ4n) is 2.52. The van der Waals surface area contributed by atoms with Gasteiger partial charge < -0.3 is 5.32 Å². The molecule has 0 saturated heterocycles. The van der Waals surface area contributed by atoms with Crippen molar-refractivity contribution in [2.45, 2.75) is 24.8 Å². The molecule has 0 aliphatic heterocycles. The molecule has 1 nitrogen and oxygen atoms in total. The Kier molecular flexibility index (Phi) is 3.43. The lowest BCUT2D eigenvalue weighted by Gasteiger charge is -2.37. The number of benzene rings is 2. The summed E-state index contributed by atoms with van der Waals surface area (Å²) in [5.41, 5.74) is 2.34. The standard InChI is InChI=1S/C16H15ClFN/c17-13-3-7-15(8-4-13)19-16-9-12(10-16)11-1-5-14(18)6-2-11/h1-8,12,16,19H,9-10H2. The van der Waals surface area contributed by atoms with Gasteiger partial charge in [0.25, 0.3) is 0 Å². The summed E-state index contributed by atoms with van der Waals surface area (Å²) >= 11 is 5.85. The third-order valence-corrected chi connectivity index (χ3v) is 3.95. The van der Waals surface area contributed by atoms with Gasteiger partial charge in [0, 0.05) is 16.8 Å². The van der Waals surface area contributed by atoms with Crippen LogP contribution < -0.4 is 5.32 Å². The Morgan fingerprint density at radius 2 is 1.58 bits per heavy atom. The van der Waals surface area contributed by atoms with E-state index >= 15 is 0 Å². The summed E-state index contributed by atoms with van der Waals surface area (Å²) in [7, 11) is 0.